The van der Waals surface area contributed by atoms with Gasteiger partial charge in [-0.05, 0) is 23.0 Å². The Morgan fingerprint density at radius 1 is 0.828 bits per heavy atom. The smallest absolute Gasteiger partial charge is 0.310 e. The predicted molar refractivity (Wildman–Crippen MR) is 112 cm³/mol. The number of hydrogen-bond acceptors (Lipinski definition) is 7. The summed E-state index contributed by atoms with van der Waals surface area (Å²) in [5, 5.41) is 44.5. The highest BCUT2D eigenvalue weighted by molar-refractivity contribution is 5.72. The summed E-state index contributed by atoms with van der Waals surface area (Å²) in [7, 11) is 0. The summed E-state index contributed by atoms with van der Waals surface area (Å²) >= 11 is 0. The standard InChI is InChI=1S/C17H26O3.C5H12O4/c1-8-14(18)20-11-9-12(16(2,3)4)15(19)13(10-11)17(5,6)7;6-1-5(2-7,3-8)4-9/h9-10,19H,8H2,1-7H3;6-9H,1-4H2. The van der Waals surface area contributed by atoms with Crippen LogP contribution in [-0.4, -0.2) is 57.9 Å². The normalized spacial score (nSPS) is 12.2. The van der Waals surface area contributed by atoms with Gasteiger partial charge in [-0.1, -0.05) is 48.5 Å². The fourth-order valence-electron chi connectivity index (χ4n) is 2.31. The van der Waals surface area contributed by atoms with E-state index >= 15 is 0 Å². The first-order valence-electron chi connectivity index (χ1n) is 9.73. The summed E-state index contributed by atoms with van der Waals surface area (Å²) in [5.41, 5.74) is 0.0323. The van der Waals surface area contributed by atoms with E-state index in [9.17, 15) is 9.90 Å². The lowest BCUT2D eigenvalue weighted by atomic mass is 9.79. The number of hydrogen-bond donors (Lipinski definition) is 5. The number of aliphatic hydroxyl groups is 4. The quantitative estimate of drug-likeness (QED) is 0.357. The molecule has 0 aliphatic rings. The minimum atomic E-state index is -1.11. The minimum absolute atomic E-state index is 0.223. The molecule has 7 heteroatoms. The Morgan fingerprint density at radius 2 is 1.17 bits per heavy atom. The average molecular weight is 415 g/mol. The Morgan fingerprint density at radius 3 is 1.38 bits per heavy atom. The summed E-state index contributed by atoms with van der Waals surface area (Å²) in [4.78, 5) is 11.5. The molecule has 0 amide bonds. The third kappa shape index (κ3) is 7.93. The van der Waals surface area contributed by atoms with E-state index in [1.165, 1.54) is 0 Å². The molecule has 0 atom stereocenters. The third-order valence-corrected chi connectivity index (χ3v) is 4.56. The third-order valence-electron chi connectivity index (χ3n) is 4.56. The highest BCUT2D eigenvalue weighted by Gasteiger charge is 2.27. The molecular formula is C22H38O7. The Hall–Kier alpha value is -1.67. The molecule has 1 aromatic carbocycles. The maximum absolute atomic E-state index is 11.5. The molecule has 168 valence electrons. The molecule has 0 spiro atoms. The molecule has 0 saturated heterocycles. The summed E-state index contributed by atoms with van der Waals surface area (Å²) in [6.07, 6.45) is 0.330. The van der Waals surface area contributed by atoms with Crippen LogP contribution in [0.3, 0.4) is 0 Å². The van der Waals surface area contributed by atoms with Crippen molar-refractivity contribution in [1.82, 2.24) is 0 Å². The fraction of sp³-hybridized carbons (Fsp3) is 0.682. The number of esters is 1. The summed E-state index contributed by atoms with van der Waals surface area (Å²) in [6, 6.07) is 3.52. The molecule has 0 aliphatic carbocycles. The van der Waals surface area contributed by atoms with E-state index in [-0.39, 0.29) is 16.8 Å². The lowest BCUT2D eigenvalue weighted by Crippen LogP contribution is -2.37. The molecule has 1 aromatic rings. The summed E-state index contributed by atoms with van der Waals surface area (Å²) in [6.45, 7) is 12.3. The molecule has 5 N–H and O–H groups in total. The van der Waals surface area contributed by atoms with Gasteiger partial charge in [0.05, 0.1) is 31.8 Å². The van der Waals surface area contributed by atoms with Crippen molar-refractivity contribution >= 4 is 5.97 Å². The van der Waals surface area contributed by atoms with Crippen LogP contribution in [0.5, 0.6) is 11.5 Å². The second-order valence-corrected chi connectivity index (χ2v) is 9.33. The topological polar surface area (TPSA) is 127 Å². The molecule has 0 aromatic heterocycles. The molecule has 0 unspecified atom stereocenters. The zero-order chi connectivity index (χ0) is 23.0. The fourth-order valence-corrected chi connectivity index (χ4v) is 2.31. The molecule has 0 fully saturated rings. The van der Waals surface area contributed by atoms with Gasteiger partial charge in [-0.2, -0.15) is 0 Å². The number of benzene rings is 1. The van der Waals surface area contributed by atoms with E-state index in [2.05, 4.69) is 0 Å². The van der Waals surface area contributed by atoms with Crippen molar-refractivity contribution < 1.29 is 35.1 Å². The number of aliphatic hydroxyl groups excluding tert-OH is 4. The van der Waals surface area contributed by atoms with Gasteiger partial charge in [-0.25, -0.2) is 0 Å². The van der Waals surface area contributed by atoms with Crippen molar-refractivity contribution in [3.63, 3.8) is 0 Å². The Kier molecular flexibility index (Phi) is 10.3. The van der Waals surface area contributed by atoms with Gasteiger partial charge in [-0.15, -0.1) is 0 Å². The maximum atomic E-state index is 11.5. The number of ether oxygens (including phenoxy) is 1. The van der Waals surface area contributed by atoms with Crippen LogP contribution in [0.2, 0.25) is 0 Å². The summed E-state index contributed by atoms with van der Waals surface area (Å²) in [5.74, 6) is 0.529. The number of phenolic OH excluding ortho intramolecular Hbond substituents is 1. The van der Waals surface area contributed by atoms with Crippen LogP contribution in [0.15, 0.2) is 12.1 Å². The lowest BCUT2D eigenvalue weighted by molar-refractivity contribution is -0.134. The first kappa shape index (κ1) is 27.3. The Balaban J connectivity index is 0.000000734. The highest BCUT2D eigenvalue weighted by Crippen LogP contribution is 2.41. The van der Waals surface area contributed by atoms with Gasteiger partial charge in [-0.3, -0.25) is 4.79 Å². The van der Waals surface area contributed by atoms with Crippen LogP contribution >= 0.6 is 0 Å². The van der Waals surface area contributed by atoms with E-state index in [4.69, 9.17) is 25.2 Å². The molecule has 0 radical (unpaired) electrons. The van der Waals surface area contributed by atoms with Gasteiger partial charge in [0, 0.05) is 17.5 Å². The van der Waals surface area contributed by atoms with Gasteiger partial charge in [0.1, 0.15) is 11.5 Å². The molecule has 7 nitrogen and oxygen atoms in total. The maximum Gasteiger partial charge on any atom is 0.310 e. The number of phenols is 1. The SMILES string of the molecule is CCC(=O)Oc1cc(C(C)(C)C)c(O)c(C(C)(C)C)c1.OCC(CO)(CO)CO. The van der Waals surface area contributed by atoms with E-state index < -0.39 is 31.8 Å². The van der Waals surface area contributed by atoms with Crippen molar-refractivity contribution in [2.75, 3.05) is 26.4 Å². The van der Waals surface area contributed by atoms with Crippen LogP contribution < -0.4 is 4.74 Å². The molecule has 0 bridgehead atoms. The molecule has 0 aliphatic heterocycles. The van der Waals surface area contributed by atoms with Crippen molar-refractivity contribution in [1.29, 1.82) is 0 Å². The molecule has 1 rings (SSSR count). The number of rotatable bonds is 6. The highest BCUT2D eigenvalue weighted by atomic mass is 16.5. The van der Waals surface area contributed by atoms with Crippen molar-refractivity contribution in [3.05, 3.63) is 23.3 Å². The number of aromatic hydroxyl groups is 1. The second kappa shape index (κ2) is 10.9. The van der Waals surface area contributed by atoms with Crippen LogP contribution in [0, 0.1) is 5.41 Å². The first-order chi connectivity index (χ1) is 13.2. The van der Waals surface area contributed by atoms with Gasteiger partial charge in [0.2, 0.25) is 0 Å². The Labute approximate surface area is 174 Å². The Bertz CT molecular complexity index is 598. The van der Waals surface area contributed by atoms with Gasteiger partial charge < -0.3 is 30.3 Å². The van der Waals surface area contributed by atoms with Crippen molar-refractivity contribution in [3.8, 4) is 11.5 Å². The number of carbonyl (C=O) groups excluding carboxylic acids is 1. The predicted octanol–water partition coefficient (Wildman–Crippen LogP) is 2.24. The monoisotopic (exact) mass is 414 g/mol. The van der Waals surface area contributed by atoms with Crippen LogP contribution in [-0.2, 0) is 15.6 Å². The zero-order valence-electron chi connectivity index (χ0n) is 18.7. The van der Waals surface area contributed by atoms with Gasteiger partial charge >= 0.3 is 5.97 Å². The van der Waals surface area contributed by atoms with Gasteiger partial charge in [0.25, 0.3) is 0 Å². The largest absolute Gasteiger partial charge is 0.507 e. The molecule has 29 heavy (non-hydrogen) atoms. The van der Waals surface area contributed by atoms with Crippen LogP contribution in [0.1, 0.15) is 66.0 Å². The number of carbonyl (C=O) groups is 1. The first-order valence-corrected chi connectivity index (χ1v) is 9.73. The van der Waals surface area contributed by atoms with Crippen LogP contribution in [0.4, 0.5) is 0 Å². The van der Waals surface area contributed by atoms with E-state index in [1.54, 1.807) is 19.1 Å². The molecule has 0 heterocycles. The van der Waals surface area contributed by atoms with E-state index in [0.717, 1.165) is 11.1 Å². The van der Waals surface area contributed by atoms with Gasteiger partial charge in [0.15, 0.2) is 0 Å². The zero-order valence-corrected chi connectivity index (χ0v) is 18.7. The average Bonchev–Trinajstić information content (AvgIpc) is 2.64. The molecule has 0 saturated carbocycles. The van der Waals surface area contributed by atoms with Crippen LogP contribution in [0.25, 0.3) is 0 Å². The summed E-state index contributed by atoms with van der Waals surface area (Å²) < 4.78 is 5.34. The second-order valence-electron chi connectivity index (χ2n) is 9.33. The minimum Gasteiger partial charge on any atom is -0.507 e. The van der Waals surface area contributed by atoms with Crippen molar-refractivity contribution in [2.24, 2.45) is 5.41 Å². The lowest BCUT2D eigenvalue weighted by Gasteiger charge is -2.27. The van der Waals surface area contributed by atoms with E-state index in [0.29, 0.717) is 17.9 Å². The van der Waals surface area contributed by atoms with E-state index in [1.807, 2.05) is 41.5 Å². The molecular weight excluding hydrogens is 376 g/mol. The van der Waals surface area contributed by atoms with Crippen molar-refractivity contribution in [2.45, 2.75) is 65.7 Å².